The molecule has 42 heavy (non-hydrogen) atoms. The molecular formula is C30H33F4N3O5. The van der Waals surface area contributed by atoms with E-state index in [0.717, 1.165) is 0 Å². The molecule has 4 rings (SSSR count). The molecule has 3 aromatic rings. The van der Waals surface area contributed by atoms with Crippen molar-refractivity contribution in [2.45, 2.75) is 37.0 Å². The molecule has 1 unspecified atom stereocenters. The number of nitrogens with zero attached hydrogens (tertiary/aromatic N) is 1. The Morgan fingerprint density at radius 2 is 1.76 bits per heavy atom. The van der Waals surface area contributed by atoms with Crippen LogP contribution in [0.15, 0.2) is 54.6 Å². The van der Waals surface area contributed by atoms with Gasteiger partial charge in [-0.1, -0.05) is 6.92 Å². The van der Waals surface area contributed by atoms with Crippen molar-refractivity contribution in [3.8, 4) is 22.8 Å². The number of rotatable bonds is 10. The quantitative estimate of drug-likeness (QED) is 0.263. The summed E-state index contributed by atoms with van der Waals surface area (Å²) >= 11 is 0. The third kappa shape index (κ3) is 6.66. The lowest BCUT2D eigenvalue weighted by Crippen LogP contribution is -2.51. The van der Waals surface area contributed by atoms with Gasteiger partial charge in [-0.2, -0.15) is 13.2 Å². The van der Waals surface area contributed by atoms with Crippen LogP contribution < -0.4 is 20.1 Å². The van der Waals surface area contributed by atoms with E-state index in [4.69, 9.17) is 14.6 Å². The van der Waals surface area contributed by atoms with E-state index in [9.17, 15) is 27.5 Å². The third-order valence-electron chi connectivity index (χ3n) is 7.54. The van der Waals surface area contributed by atoms with Crippen LogP contribution in [-0.4, -0.2) is 67.2 Å². The molecule has 1 aromatic heterocycles. The van der Waals surface area contributed by atoms with E-state index in [1.165, 1.54) is 55.6 Å². The van der Waals surface area contributed by atoms with Crippen molar-refractivity contribution in [1.82, 2.24) is 15.6 Å². The molecule has 4 N–H and O–H groups in total. The number of methoxy groups -OCH3 is 1. The number of aliphatic hydroxyl groups is 2. The largest absolute Gasteiger partial charge is 0.493 e. The average Bonchev–Trinajstić information content (AvgIpc) is 2.98. The lowest BCUT2D eigenvalue weighted by molar-refractivity contribution is -0.265. The lowest BCUT2D eigenvalue weighted by Gasteiger charge is -2.36. The number of carbonyl (C=O) groups excluding carboxylic acids is 1. The first-order chi connectivity index (χ1) is 19.9. The van der Waals surface area contributed by atoms with Gasteiger partial charge < -0.3 is 30.3 Å². The van der Waals surface area contributed by atoms with Crippen molar-refractivity contribution in [3.05, 3.63) is 77.2 Å². The second kappa shape index (κ2) is 12.6. The van der Waals surface area contributed by atoms with Gasteiger partial charge >= 0.3 is 6.18 Å². The Bertz CT molecular complexity index is 1390. The van der Waals surface area contributed by atoms with E-state index in [1.54, 1.807) is 6.07 Å². The number of pyridine rings is 1. The zero-order valence-electron chi connectivity index (χ0n) is 23.2. The molecule has 0 saturated carbocycles. The summed E-state index contributed by atoms with van der Waals surface area (Å²) in [6.07, 6.45) is -3.94. The van der Waals surface area contributed by atoms with Crippen LogP contribution in [0.3, 0.4) is 0 Å². The molecule has 1 aliphatic rings. The van der Waals surface area contributed by atoms with E-state index < -0.39 is 41.2 Å². The number of piperidine rings is 1. The number of hydrogen-bond acceptors (Lipinski definition) is 7. The highest BCUT2D eigenvalue weighted by molar-refractivity contribution is 5.95. The fraction of sp³-hybridized carbons (Fsp3) is 0.400. The highest BCUT2D eigenvalue weighted by Gasteiger charge is 2.56. The summed E-state index contributed by atoms with van der Waals surface area (Å²) in [6.45, 7) is 1.76. The van der Waals surface area contributed by atoms with Gasteiger partial charge in [0.05, 0.1) is 31.6 Å². The number of hydrogen-bond donors (Lipinski definition) is 4. The second-order valence-electron chi connectivity index (χ2n) is 10.4. The maximum absolute atomic E-state index is 14.6. The van der Waals surface area contributed by atoms with Gasteiger partial charge in [-0.05, 0) is 91.5 Å². The van der Waals surface area contributed by atoms with E-state index in [-0.39, 0.29) is 36.0 Å². The standard InChI is InChI=1S/C30H33F4N3O5/c1-28(9-11-35-12-10-28)21-16-23(19-3-6-22(31)7-4-19)37-26(17-21)29(40,30(32,33)34)18-36-27(39)20-5-8-24(42-14-13-38)25(15-20)41-2/h3-8,15-17,35,38,40H,9-14,18H2,1-2H3,(H,36,39). The van der Waals surface area contributed by atoms with Gasteiger partial charge in [0.15, 0.2) is 11.5 Å². The predicted octanol–water partition coefficient (Wildman–Crippen LogP) is 4.09. The third-order valence-corrected chi connectivity index (χ3v) is 7.54. The predicted molar refractivity (Wildman–Crippen MR) is 147 cm³/mol. The molecule has 12 heteroatoms. The topological polar surface area (TPSA) is 113 Å². The Morgan fingerprint density at radius 1 is 1.07 bits per heavy atom. The molecule has 2 heterocycles. The Labute approximate surface area is 240 Å². The SMILES string of the molecule is COc1cc(C(=O)NCC(O)(c2cc(C3(C)CCNCC3)cc(-c3ccc(F)cc3)n2)C(F)(F)F)ccc1OCCO. The molecule has 1 amide bonds. The van der Waals surface area contributed by atoms with Gasteiger partial charge in [-0.3, -0.25) is 4.79 Å². The number of amides is 1. The molecule has 0 aliphatic carbocycles. The van der Waals surface area contributed by atoms with Crippen molar-refractivity contribution >= 4 is 5.91 Å². The summed E-state index contributed by atoms with van der Waals surface area (Å²) in [6, 6.07) is 12.1. The van der Waals surface area contributed by atoms with E-state index in [1.807, 2.05) is 6.92 Å². The van der Waals surface area contributed by atoms with Crippen molar-refractivity contribution in [3.63, 3.8) is 0 Å². The zero-order chi connectivity index (χ0) is 30.5. The molecule has 0 bridgehead atoms. The number of carbonyl (C=O) groups is 1. The molecule has 0 spiro atoms. The molecule has 1 fully saturated rings. The first-order valence-electron chi connectivity index (χ1n) is 13.4. The van der Waals surface area contributed by atoms with E-state index >= 15 is 0 Å². The number of halogens is 4. The van der Waals surface area contributed by atoms with Crippen LogP contribution in [-0.2, 0) is 11.0 Å². The number of benzene rings is 2. The number of nitrogens with one attached hydrogen (secondary N) is 2. The fourth-order valence-corrected chi connectivity index (χ4v) is 4.86. The minimum atomic E-state index is -5.22. The monoisotopic (exact) mass is 591 g/mol. The maximum Gasteiger partial charge on any atom is 0.424 e. The smallest absolute Gasteiger partial charge is 0.424 e. The highest BCUT2D eigenvalue weighted by Crippen LogP contribution is 2.42. The van der Waals surface area contributed by atoms with Crippen LogP contribution in [0, 0.1) is 5.82 Å². The molecule has 1 aliphatic heterocycles. The van der Waals surface area contributed by atoms with Crippen molar-refractivity contribution in [2.24, 2.45) is 0 Å². The summed E-state index contributed by atoms with van der Waals surface area (Å²) in [5, 5.41) is 25.6. The Morgan fingerprint density at radius 3 is 2.38 bits per heavy atom. The molecule has 1 saturated heterocycles. The van der Waals surface area contributed by atoms with Crippen LogP contribution in [0.4, 0.5) is 17.6 Å². The lowest BCUT2D eigenvalue weighted by atomic mass is 9.74. The van der Waals surface area contributed by atoms with Gasteiger partial charge in [0, 0.05) is 11.1 Å². The van der Waals surface area contributed by atoms with E-state index in [2.05, 4.69) is 15.6 Å². The van der Waals surface area contributed by atoms with Crippen LogP contribution in [0.2, 0.25) is 0 Å². The van der Waals surface area contributed by atoms with E-state index in [0.29, 0.717) is 37.1 Å². The van der Waals surface area contributed by atoms with Crippen molar-refractivity contribution < 1.29 is 42.0 Å². The molecule has 0 radical (unpaired) electrons. The minimum absolute atomic E-state index is 0.0257. The summed E-state index contributed by atoms with van der Waals surface area (Å²) in [5.74, 6) is -1.05. The summed E-state index contributed by atoms with van der Waals surface area (Å²) < 4.78 is 68.0. The van der Waals surface area contributed by atoms with Crippen LogP contribution in [0.1, 0.15) is 41.4 Å². The van der Waals surface area contributed by atoms with Gasteiger partial charge in [-0.25, -0.2) is 9.37 Å². The number of aliphatic hydroxyl groups excluding tert-OH is 1. The van der Waals surface area contributed by atoms with Gasteiger partial charge in [0.1, 0.15) is 12.4 Å². The number of ether oxygens (including phenoxy) is 2. The van der Waals surface area contributed by atoms with Crippen LogP contribution in [0.25, 0.3) is 11.3 Å². The highest BCUT2D eigenvalue weighted by atomic mass is 19.4. The number of aromatic nitrogens is 1. The molecule has 226 valence electrons. The first-order valence-corrected chi connectivity index (χ1v) is 13.4. The van der Waals surface area contributed by atoms with Gasteiger partial charge in [-0.15, -0.1) is 0 Å². The average molecular weight is 592 g/mol. The molecule has 2 aromatic carbocycles. The Balaban J connectivity index is 1.72. The van der Waals surface area contributed by atoms with Crippen LogP contribution >= 0.6 is 0 Å². The number of alkyl halides is 3. The van der Waals surface area contributed by atoms with Gasteiger partial charge in [0.25, 0.3) is 5.91 Å². The summed E-state index contributed by atoms with van der Waals surface area (Å²) in [7, 11) is 1.32. The molecule has 1 atom stereocenters. The first kappa shape index (κ1) is 31.2. The fourth-order valence-electron chi connectivity index (χ4n) is 4.86. The summed E-state index contributed by atoms with van der Waals surface area (Å²) in [5.41, 5.74) is -3.72. The minimum Gasteiger partial charge on any atom is -0.493 e. The Kier molecular flexibility index (Phi) is 9.39. The zero-order valence-corrected chi connectivity index (χ0v) is 23.2. The molecule has 8 nitrogen and oxygen atoms in total. The van der Waals surface area contributed by atoms with Crippen molar-refractivity contribution in [1.29, 1.82) is 0 Å². The van der Waals surface area contributed by atoms with Crippen LogP contribution in [0.5, 0.6) is 11.5 Å². The molecular weight excluding hydrogens is 558 g/mol. The second-order valence-corrected chi connectivity index (χ2v) is 10.4. The van der Waals surface area contributed by atoms with Crippen molar-refractivity contribution in [2.75, 3.05) is 40.0 Å². The van der Waals surface area contributed by atoms with Gasteiger partial charge in [0.2, 0.25) is 5.60 Å². The normalized spacial score (nSPS) is 16.4. The summed E-state index contributed by atoms with van der Waals surface area (Å²) in [4.78, 5) is 17.1. The maximum atomic E-state index is 14.6. The Hall–Kier alpha value is -3.74.